The maximum Gasteiger partial charge on any atom is 0.430 e. The van der Waals surface area contributed by atoms with Crippen LogP contribution in [0.2, 0.25) is 5.02 Å². The largest absolute Gasteiger partial charge is 0.478 e. The second-order valence-electron chi connectivity index (χ2n) is 4.07. The monoisotopic (exact) mass is 304 g/mol. The van der Waals surface area contributed by atoms with Crippen molar-refractivity contribution >= 4 is 29.7 Å². The van der Waals surface area contributed by atoms with Crippen molar-refractivity contribution in [1.82, 2.24) is 0 Å². The van der Waals surface area contributed by atoms with Crippen molar-refractivity contribution < 1.29 is 27.8 Å². The highest BCUT2D eigenvalue weighted by atomic mass is 35.5. The Morgan fingerprint density at radius 3 is 2.60 bits per heavy atom. The Bertz CT molecular complexity index is 620. The number of carboxylic acid groups (broad SMARTS) is 1. The molecule has 0 saturated carbocycles. The molecule has 0 saturated heterocycles. The topological polar surface area (TPSA) is 46.5 Å². The highest BCUT2D eigenvalue weighted by molar-refractivity contribution is 6.32. The third-order valence-electron chi connectivity index (χ3n) is 2.70. The van der Waals surface area contributed by atoms with Crippen LogP contribution in [-0.4, -0.2) is 23.4 Å². The summed E-state index contributed by atoms with van der Waals surface area (Å²) >= 11 is 5.85. The van der Waals surface area contributed by atoms with Crippen LogP contribution in [-0.2, 0) is 4.79 Å². The van der Waals surface area contributed by atoms with Gasteiger partial charge in [0.15, 0.2) is 0 Å². The molecule has 1 N–H and O–H groups in total. The second-order valence-corrected chi connectivity index (χ2v) is 4.48. The van der Waals surface area contributed by atoms with E-state index < -0.39 is 23.8 Å². The quantitative estimate of drug-likeness (QED) is 0.904. The molecular weight excluding hydrogens is 297 g/mol. The number of ether oxygens (including phenoxy) is 1. The van der Waals surface area contributed by atoms with Crippen LogP contribution in [0.5, 0.6) is 5.75 Å². The molecule has 0 radical (unpaired) electrons. The lowest BCUT2D eigenvalue weighted by Gasteiger charge is -2.27. The van der Waals surface area contributed by atoms with E-state index in [2.05, 4.69) is 6.58 Å². The smallest absolute Gasteiger partial charge is 0.430 e. The Balaban J connectivity index is 2.62. The number of aliphatic carboxylic acids is 1. The maximum atomic E-state index is 12.8. The SMILES string of the molecule is C=Cc1cc(Cl)c2c(c1)C=C(C(=O)O)C(C(F)(F)F)O2. The zero-order valence-corrected chi connectivity index (χ0v) is 10.6. The molecule has 1 aromatic rings. The van der Waals surface area contributed by atoms with E-state index in [1.807, 2.05) is 0 Å². The molecule has 1 aliphatic rings. The highest BCUT2D eigenvalue weighted by Crippen LogP contribution is 2.41. The molecule has 3 nitrogen and oxygen atoms in total. The van der Waals surface area contributed by atoms with E-state index in [0.717, 1.165) is 6.08 Å². The maximum absolute atomic E-state index is 12.8. The van der Waals surface area contributed by atoms with Crippen LogP contribution < -0.4 is 4.74 Å². The van der Waals surface area contributed by atoms with Gasteiger partial charge in [0, 0.05) is 5.56 Å². The van der Waals surface area contributed by atoms with Gasteiger partial charge in [-0.3, -0.25) is 0 Å². The van der Waals surface area contributed by atoms with Gasteiger partial charge in [0.2, 0.25) is 6.10 Å². The average Bonchev–Trinajstić information content (AvgIpc) is 2.35. The Morgan fingerprint density at radius 2 is 2.10 bits per heavy atom. The van der Waals surface area contributed by atoms with Crippen LogP contribution in [0.15, 0.2) is 24.3 Å². The lowest BCUT2D eigenvalue weighted by atomic mass is 9.99. The Hall–Kier alpha value is -1.95. The van der Waals surface area contributed by atoms with Crippen molar-refractivity contribution in [3.8, 4) is 5.75 Å². The summed E-state index contributed by atoms with van der Waals surface area (Å²) in [5, 5.41) is 8.86. The van der Waals surface area contributed by atoms with E-state index in [-0.39, 0.29) is 16.3 Å². The highest BCUT2D eigenvalue weighted by Gasteiger charge is 2.48. The summed E-state index contributed by atoms with van der Waals surface area (Å²) < 4.78 is 43.3. The van der Waals surface area contributed by atoms with Gasteiger partial charge in [-0.2, -0.15) is 13.2 Å². The van der Waals surface area contributed by atoms with Gasteiger partial charge in [0.1, 0.15) is 5.75 Å². The van der Waals surface area contributed by atoms with Gasteiger partial charge in [0.25, 0.3) is 0 Å². The fourth-order valence-electron chi connectivity index (χ4n) is 1.83. The molecule has 0 aromatic heterocycles. The zero-order valence-electron chi connectivity index (χ0n) is 9.87. The third kappa shape index (κ3) is 2.51. The number of alkyl halides is 3. The van der Waals surface area contributed by atoms with Gasteiger partial charge in [-0.1, -0.05) is 24.3 Å². The Labute approximate surface area is 116 Å². The minimum Gasteiger partial charge on any atom is -0.478 e. The first kappa shape index (κ1) is 14.5. The van der Waals surface area contributed by atoms with Gasteiger partial charge in [-0.15, -0.1) is 0 Å². The first-order valence-electron chi connectivity index (χ1n) is 5.38. The molecule has 1 heterocycles. The zero-order chi connectivity index (χ0) is 15.1. The van der Waals surface area contributed by atoms with Crippen molar-refractivity contribution in [3.05, 3.63) is 40.4 Å². The van der Waals surface area contributed by atoms with E-state index in [1.165, 1.54) is 18.2 Å². The van der Waals surface area contributed by atoms with Gasteiger partial charge < -0.3 is 9.84 Å². The summed E-state index contributed by atoms with van der Waals surface area (Å²) in [5.41, 5.74) is -0.170. The molecule has 106 valence electrons. The number of carbonyl (C=O) groups is 1. The lowest BCUT2D eigenvalue weighted by molar-refractivity contribution is -0.187. The number of rotatable bonds is 2. The van der Waals surface area contributed by atoms with E-state index in [9.17, 15) is 18.0 Å². The van der Waals surface area contributed by atoms with Gasteiger partial charge in [-0.05, 0) is 23.8 Å². The first-order valence-corrected chi connectivity index (χ1v) is 5.76. The van der Waals surface area contributed by atoms with E-state index in [1.54, 1.807) is 0 Å². The van der Waals surface area contributed by atoms with E-state index >= 15 is 0 Å². The summed E-state index contributed by atoms with van der Waals surface area (Å²) in [7, 11) is 0. The van der Waals surface area contributed by atoms with E-state index in [0.29, 0.717) is 5.56 Å². The molecule has 1 unspecified atom stereocenters. The summed E-state index contributed by atoms with van der Waals surface area (Å²) in [5.74, 6) is -1.89. The van der Waals surface area contributed by atoms with Crippen LogP contribution in [0.3, 0.4) is 0 Å². The molecule has 1 aromatic carbocycles. The molecule has 7 heteroatoms. The Morgan fingerprint density at radius 1 is 1.45 bits per heavy atom. The van der Waals surface area contributed by atoms with Crippen LogP contribution in [0, 0.1) is 0 Å². The number of fused-ring (bicyclic) bond motifs is 1. The van der Waals surface area contributed by atoms with Crippen LogP contribution in [0.1, 0.15) is 11.1 Å². The first-order chi connectivity index (χ1) is 9.24. The van der Waals surface area contributed by atoms with Crippen molar-refractivity contribution in [3.63, 3.8) is 0 Å². The molecule has 0 spiro atoms. The van der Waals surface area contributed by atoms with Crippen LogP contribution in [0.25, 0.3) is 12.2 Å². The average molecular weight is 305 g/mol. The predicted octanol–water partition coefficient (Wildman–Crippen LogP) is 3.77. The lowest BCUT2D eigenvalue weighted by Crippen LogP contribution is -2.40. The minimum absolute atomic E-state index is 0.0349. The number of benzene rings is 1. The van der Waals surface area contributed by atoms with Crippen molar-refractivity contribution in [1.29, 1.82) is 0 Å². The molecule has 0 amide bonds. The molecule has 1 aliphatic heterocycles. The van der Waals surface area contributed by atoms with Crippen molar-refractivity contribution in [2.75, 3.05) is 0 Å². The van der Waals surface area contributed by atoms with Crippen molar-refractivity contribution in [2.45, 2.75) is 12.3 Å². The fourth-order valence-corrected chi connectivity index (χ4v) is 2.11. The summed E-state index contributed by atoms with van der Waals surface area (Å²) in [6.07, 6.45) is -5.03. The third-order valence-corrected chi connectivity index (χ3v) is 2.98. The number of carboxylic acids is 1. The number of hydrogen-bond acceptors (Lipinski definition) is 2. The molecule has 2 rings (SSSR count). The normalized spacial score (nSPS) is 17.8. The van der Waals surface area contributed by atoms with Gasteiger partial charge in [-0.25, -0.2) is 4.79 Å². The molecule has 0 bridgehead atoms. The van der Waals surface area contributed by atoms with Gasteiger partial charge >= 0.3 is 12.1 Å². The number of halogens is 4. The Kier molecular flexibility index (Phi) is 3.52. The summed E-state index contributed by atoms with van der Waals surface area (Å²) in [6.45, 7) is 3.51. The fraction of sp³-hybridized carbons (Fsp3) is 0.154. The molecular formula is C13H8ClF3O3. The minimum atomic E-state index is -4.84. The van der Waals surface area contributed by atoms with Gasteiger partial charge in [0.05, 0.1) is 10.6 Å². The predicted molar refractivity (Wildman–Crippen MR) is 67.6 cm³/mol. The van der Waals surface area contributed by atoms with E-state index in [4.69, 9.17) is 21.4 Å². The van der Waals surface area contributed by atoms with Crippen LogP contribution >= 0.6 is 11.6 Å². The standard InChI is InChI=1S/C13H8ClF3O3/c1-2-6-3-7-5-8(12(18)19)11(13(15,16)17)20-10(7)9(14)4-6/h2-5,11H,1H2,(H,18,19). The molecule has 0 fully saturated rings. The van der Waals surface area contributed by atoms with Crippen molar-refractivity contribution in [2.24, 2.45) is 0 Å². The molecule has 1 atom stereocenters. The second kappa shape index (κ2) is 4.86. The number of hydrogen-bond donors (Lipinski definition) is 1. The molecule has 0 aliphatic carbocycles. The summed E-state index contributed by atoms with van der Waals surface area (Å²) in [4.78, 5) is 11.0. The molecule has 20 heavy (non-hydrogen) atoms. The summed E-state index contributed by atoms with van der Waals surface area (Å²) in [6, 6.07) is 2.84. The van der Waals surface area contributed by atoms with Crippen LogP contribution in [0.4, 0.5) is 13.2 Å².